The van der Waals surface area contributed by atoms with Crippen LogP contribution in [-0.2, 0) is 4.79 Å². The van der Waals surface area contributed by atoms with Crippen molar-refractivity contribution in [2.75, 3.05) is 6.67 Å². The summed E-state index contributed by atoms with van der Waals surface area (Å²) in [5.74, 6) is -0.949. The van der Waals surface area contributed by atoms with Gasteiger partial charge in [-0.25, -0.2) is 4.79 Å². The molecule has 0 aromatic rings. The van der Waals surface area contributed by atoms with Crippen LogP contribution in [0.2, 0.25) is 0 Å². The molecule has 132 valence electrons. The molecule has 0 unspecified atom stereocenters. The first-order valence-electron chi connectivity index (χ1n) is 8.56. The van der Waals surface area contributed by atoms with E-state index in [4.69, 9.17) is 5.11 Å². The van der Waals surface area contributed by atoms with Gasteiger partial charge in [-0.15, -0.1) is 0 Å². The maximum atomic E-state index is 11.9. The summed E-state index contributed by atoms with van der Waals surface area (Å²) in [6, 6.07) is 0. The monoisotopic (exact) mass is 332 g/mol. The predicted molar refractivity (Wildman–Crippen MR) is 101 cm³/mol. The van der Waals surface area contributed by atoms with Crippen LogP contribution in [0, 0.1) is 0 Å². The van der Waals surface area contributed by atoms with Crippen LogP contribution in [0.5, 0.6) is 0 Å². The number of unbranched alkanes of at least 4 members (excludes halogenated alkanes) is 6. The second-order valence-corrected chi connectivity index (χ2v) is 5.26. The third-order valence-corrected chi connectivity index (χ3v) is 3.13. The average Bonchev–Trinajstić information content (AvgIpc) is 2.56. The van der Waals surface area contributed by atoms with Crippen molar-refractivity contribution in [3.05, 3.63) is 72.9 Å². The Balaban J connectivity index is 3.57. The van der Waals surface area contributed by atoms with E-state index in [9.17, 15) is 9.18 Å². The molecule has 0 aromatic heterocycles. The van der Waals surface area contributed by atoms with Gasteiger partial charge in [0.1, 0.15) is 0 Å². The topological polar surface area (TPSA) is 37.3 Å². The van der Waals surface area contributed by atoms with E-state index in [1.807, 2.05) is 42.5 Å². The number of alkyl halides is 1. The van der Waals surface area contributed by atoms with Crippen LogP contribution in [0.15, 0.2) is 72.9 Å². The van der Waals surface area contributed by atoms with Crippen LogP contribution >= 0.6 is 0 Å². The fraction of sp³-hybridized carbons (Fsp3) is 0.381. The highest BCUT2D eigenvalue weighted by Gasteiger charge is 1.89. The molecular weight excluding hydrogens is 303 g/mol. The average molecular weight is 332 g/mol. The molecule has 0 spiro atoms. The highest BCUT2D eigenvalue weighted by Crippen LogP contribution is 2.07. The van der Waals surface area contributed by atoms with E-state index in [1.165, 1.54) is 25.3 Å². The molecule has 0 saturated heterocycles. The lowest BCUT2D eigenvalue weighted by atomic mass is 10.1. The van der Waals surface area contributed by atoms with Gasteiger partial charge in [-0.1, -0.05) is 92.5 Å². The van der Waals surface area contributed by atoms with Crippen molar-refractivity contribution in [3.8, 4) is 0 Å². The van der Waals surface area contributed by atoms with Crippen molar-refractivity contribution >= 4 is 5.97 Å². The zero-order valence-electron chi connectivity index (χ0n) is 14.3. The molecule has 24 heavy (non-hydrogen) atoms. The van der Waals surface area contributed by atoms with Gasteiger partial charge in [0.15, 0.2) is 0 Å². The van der Waals surface area contributed by atoms with E-state index in [-0.39, 0.29) is 6.67 Å². The van der Waals surface area contributed by atoms with Crippen molar-refractivity contribution in [3.63, 3.8) is 0 Å². The number of allylic oxidation sites excluding steroid dienone is 11. The molecular formula is C21H29FO2. The van der Waals surface area contributed by atoms with E-state index >= 15 is 0 Å². The third-order valence-electron chi connectivity index (χ3n) is 3.13. The van der Waals surface area contributed by atoms with Gasteiger partial charge in [-0.3, -0.25) is 4.39 Å². The van der Waals surface area contributed by atoms with Crippen LogP contribution in [0.4, 0.5) is 4.39 Å². The van der Waals surface area contributed by atoms with E-state index in [0.29, 0.717) is 6.42 Å². The lowest BCUT2D eigenvalue weighted by molar-refractivity contribution is -0.131. The number of hydrogen-bond acceptors (Lipinski definition) is 1. The Hall–Kier alpha value is -2.16. The van der Waals surface area contributed by atoms with E-state index < -0.39 is 5.97 Å². The number of hydrogen-bond donors (Lipinski definition) is 1. The zero-order valence-corrected chi connectivity index (χ0v) is 14.3. The van der Waals surface area contributed by atoms with Crippen LogP contribution in [0.25, 0.3) is 0 Å². The third kappa shape index (κ3) is 19.8. The van der Waals surface area contributed by atoms with Gasteiger partial charge in [-0.2, -0.15) is 0 Å². The van der Waals surface area contributed by atoms with Gasteiger partial charge >= 0.3 is 5.97 Å². The molecule has 0 aromatic carbocycles. The number of halogens is 1. The summed E-state index contributed by atoms with van der Waals surface area (Å²) in [5, 5.41) is 8.38. The van der Waals surface area contributed by atoms with Crippen molar-refractivity contribution in [2.24, 2.45) is 0 Å². The van der Waals surface area contributed by atoms with Crippen molar-refractivity contribution in [2.45, 2.75) is 44.9 Å². The first-order chi connectivity index (χ1) is 11.8. The molecule has 3 heteroatoms. The minimum Gasteiger partial charge on any atom is -0.478 e. The molecule has 0 aliphatic heterocycles. The lowest BCUT2D eigenvalue weighted by Crippen LogP contribution is -1.84. The maximum absolute atomic E-state index is 11.9. The molecule has 0 radical (unpaired) electrons. The first-order valence-corrected chi connectivity index (χ1v) is 8.56. The molecule has 0 saturated carbocycles. The highest BCUT2D eigenvalue weighted by atomic mass is 19.1. The van der Waals surface area contributed by atoms with Crippen LogP contribution in [0.3, 0.4) is 0 Å². The standard InChI is InChI=1S/C21H29FO2/c22-20-18-16-14-12-10-8-6-4-2-1-3-5-7-9-11-13-15-17-19-21(23)24/h1-5,7,9,11,13,15,17,19H,6,8,10,12,14,16,18,20H2,(H,23,24)/b3-1+,4-2+,7-5+,11-9+,15-13+,19-17+. The Bertz CT molecular complexity index is 468. The van der Waals surface area contributed by atoms with E-state index in [0.717, 1.165) is 25.3 Å². The normalized spacial score (nSPS) is 13.0. The number of aliphatic carboxylic acids is 1. The summed E-state index contributed by atoms with van der Waals surface area (Å²) in [4.78, 5) is 10.2. The Morgan fingerprint density at radius 2 is 1.12 bits per heavy atom. The molecule has 0 heterocycles. The van der Waals surface area contributed by atoms with Gasteiger partial charge in [-0.05, 0) is 19.3 Å². The second kappa shape index (κ2) is 18.9. The Labute approximate surface area is 145 Å². The molecule has 1 N–H and O–H groups in total. The summed E-state index contributed by atoms with van der Waals surface area (Å²) in [6.45, 7) is -0.180. The van der Waals surface area contributed by atoms with E-state index in [2.05, 4.69) is 6.08 Å². The lowest BCUT2D eigenvalue weighted by Gasteiger charge is -1.97. The van der Waals surface area contributed by atoms with Gasteiger partial charge in [0.2, 0.25) is 0 Å². The molecule has 0 fully saturated rings. The minimum absolute atomic E-state index is 0.180. The van der Waals surface area contributed by atoms with Crippen molar-refractivity contribution < 1.29 is 14.3 Å². The summed E-state index contributed by atoms with van der Waals surface area (Å²) in [6.07, 6.45) is 29.3. The summed E-state index contributed by atoms with van der Waals surface area (Å²) in [7, 11) is 0. The molecule has 0 aliphatic rings. The Kier molecular flexibility index (Phi) is 17.2. The molecule has 0 amide bonds. The van der Waals surface area contributed by atoms with Crippen LogP contribution < -0.4 is 0 Å². The minimum atomic E-state index is -0.949. The number of carboxylic acid groups (broad SMARTS) is 1. The fourth-order valence-electron chi connectivity index (χ4n) is 1.89. The summed E-state index contributed by atoms with van der Waals surface area (Å²) < 4.78 is 11.9. The second-order valence-electron chi connectivity index (χ2n) is 5.26. The molecule has 2 nitrogen and oxygen atoms in total. The summed E-state index contributed by atoms with van der Waals surface area (Å²) >= 11 is 0. The quantitative estimate of drug-likeness (QED) is 0.237. The van der Waals surface area contributed by atoms with Gasteiger partial charge < -0.3 is 5.11 Å². The molecule has 0 bridgehead atoms. The van der Waals surface area contributed by atoms with Gasteiger partial charge in [0.25, 0.3) is 0 Å². The van der Waals surface area contributed by atoms with Gasteiger partial charge in [0, 0.05) is 6.08 Å². The largest absolute Gasteiger partial charge is 0.478 e. The zero-order chi connectivity index (χ0) is 17.7. The predicted octanol–water partition coefficient (Wildman–Crippen LogP) is 6.11. The van der Waals surface area contributed by atoms with Crippen LogP contribution in [0.1, 0.15) is 44.9 Å². The highest BCUT2D eigenvalue weighted by molar-refractivity contribution is 5.80. The molecule has 0 atom stereocenters. The maximum Gasteiger partial charge on any atom is 0.328 e. The van der Waals surface area contributed by atoms with Crippen LogP contribution in [-0.4, -0.2) is 17.8 Å². The smallest absolute Gasteiger partial charge is 0.328 e. The van der Waals surface area contributed by atoms with Gasteiger partial charge in [0.05, 0.1) is 6.67 Å². The number of carboxylic acids is 1. The molecule has 0 rings (SSSR count). The summed E-state index contributed by atoms with van der Waals surface area (Å²) in [5.41, 5.74) is 0. The number of rotatable bonds is 14. The van der Waals surface area contributed by atoms with Crippen molar-refractivity contribution in [1.82, 2.24) is 0 Å². The van der Waals surface area contributed by atoms with E-state index in [1.54, 1.807) is 12.2 Å². The molecule has 0 aliphatic carbocycles. The first kappa shape index (κ1) is 21.8. The SMILES string of the molecule is O=C(O)/C=C/C=C/C=C/C=C/C=C/C=C/CCCCCCCCF. The Morgan fingerprint density at radius 1 is 0.667 bits per heavy atom. The van der Waals surface area contributed by atoms with Crippen molar-refractivity contribution in [1.29, 1.82) is 0 Å². The Morgan fingerprint density at radius 3 is 1.67 bits per heavy atom. The number of carbonyl (C=O) groups is 1. The fourth-order valence-corrected chi connectivity index (χ4v) is 1.89.